The van der Waals surface area contributed by atoms with E-state index in [0.717, 1.165) is 40.8 Å². The van der Waals surface area contributed by atoms with Crippen LogP contribution >= 0.6 is 0 Å². The molecule has 0 unspecified atom stereocenters. The second-order valence-electron chi connectivity index (χ2n) is 6.43. The molecule has 0 bridgehead atoms. The van der Waals surface area contributed by atoms with Crippen LogP contribution in [0.4, 0.5) is 0 Å². The second-order valence-corrected chi connectivity index (χ2v) is 6.43. The van der Waals surface area contributed by atoms with Gasteiger partial charge >= 0.3 is 0 Å². The lowest BCUT2D eigenvalue weighted by Gasteiger charge is -2.06. The highest BCUT2D eigenvalue weighted by Gasteiger charge is 2.09. The van der Waals surface area contributed by atoms with Crippen molar-refractivity contribution in [2.45, 2.75) is 26.4 Å². The third-order valence-electron chi connectivity index (χ3n) is 4.48. The van der Waals surface area contributed by atoms with Gasteiger partial charge in [0.15, 0.2) is 0 Å². The monoisotopic (exact) mass is 359 g/mol. The third-order valence-corrected chi connectivity index (χ3v) is 4.48. The molecule has 0 saturated heterocycles. The third kappa shape index (κ3) is 3.60. The topological polar surface area (TPSA) is 75.6 Å². The molecule has 4 rings (SSSR count). The van der Waals surface area contributed by atoms with Crippen LogP contribution < -0.4 is 5.32 Å². The van der Waals surface area contributed by atoms with Crippen molar-refractivity contribution in [2.75, 3.05) is 0 Å². The highest BCUT2D eigenvalue weighted by Crippen LogP contribution is 2.25. The molecular formula is C21H21N5O. The molecule has 1 aromatic carbocycles. The molecule has 6 heteroatoms. The Morgan fingerprint density at radius 3 is 2.81 bits per heavy atom. The van der Waals surface area contributed by atoms with E-state index in [-0.39, 0.29) is 5.91 Å². The molecule has 0 fully saturated rings. The number of hydrogen-bond acceptors (Lipinski definition) is 3. The summed E-state index contributed by atoms with van der Waals surface area (Å²) in [5.74, 6) is -0.112. The van der Waals surface area contributed by atoms with Crippen molar-refractivity contribution in [1.82, 2.24) is 25.1 Å². The van der Waals surface area contributed by atoms with Gasteiger partial charge in [0.05, 0.1) is 17.9 Å². The van der Waals surface area contributed by atoms with Crippen LogP contribution in [0.2, 0.25) is 0 Å². The first-order chi connectivity index (χ1) is 13.2. The summed E-state index contributed by atoms with van der Waals surface area (Å²) in [7, 11) is 0. The minimum atomic E-state index is -0.112. The van der Waals surface area contributed by atoms with Gasteiger partial charge in [0.1, 0.15) is 0 Å². The van der Waals surface area contributed by atoms with E-state index in [1.54, 1.807) is 6.20 Å². The van der Waals surface area contributed by atoms with Gasteiger partial charge in [-0.05, 0) is 36.8 Å². The van der Waals surface area contributed by atoms with Gasteiger partial charge in [-0.2, -0.15) is 5.10 Å². The predicted octanol–water partition coefficient (Wildman–Crippen LogP) is 3.77. The zero-order valence-electron chi connectivity index (χ0n) is 15.1. The number of rotatable bonds is 6. The standard InChI is InChI=1S/C21H21N5O/c1-2-12-26-13-9-17(25-26)14-24-21(27)16-5-3-15(4-6-16)20-18-7-10-22-19(18)8-11-23-20/h3-11,13,22H,2,12,14H2,1H3,(H,24,27). The normalized spacial score (nSPS) is 11.0. The average Bonchev–Trinajstić information content (AvgIpc) is 3.35. The Kier molecular flexibility index (Phi) is 4.70. The lowest BCUT2D eigenvalue weighted by Crippen LogP contribution is -2.23. The van der Waals surface area contributed by atoms with Gasteiger partial charge < -0.3 is 10.3 Å². The van der Waals surface area contributed by atoms with Gasteiger partial charge in [0.25, 0.3) is 5.91 Å². The Morgan fingerprint density at radius 1 is 1.15 bits per heavy atom. The highest BCUT2D eigenvalue weighted by molar-refractivity contribution is 5.96. The maximum Gasteiger partial charge on any atom is 0.251 e. The molecule has 3 aromatic heterocycles. The predicted molar refractivity (Wildman–Crippen MR) is 105 cm³/mol. The summed E-state index contributed by atoms with van der Waals surface area (Å²) >= 11 is 0. The van der Waals surface area contributed by atoms with Crippen LogP contribution in [0, 0.1) is 0 Å². The molecule has 3 heterocycles. The highest BCUT2D eigenvalue weighted by atomic mass is 16.1. The van der Waals surface area contributed by atoms with E-state index in [4.69, 9.17) is 0 Å². The smallest absolute Gasteiger partial charge is 0.251 e. The number of carbonyl (C=O) groups excluding carboxylic acids is 1. The number of carbonyl (C=O) groups is 1. The quantitative estimate of drug-likeness (QED) is 0.550. The molecule has 4 aromatic rings. The number of H-pyrrole nitrogens is 1. The van der Waals surface area contributed by atoms with E-state index in [0.29, 0.717) is 12.1 Å². The molecule has 1 amide bonds. The van der Waals surface area contributed by atoms with Crippen molar-refractivity contribution in [3.05, 3.63) is 72.3 Å². The lowest BCUT2D eigenvalue weighted by molar-refractivity contribution is 0.0950. The van der Waals surface area contributed by atoms with E-state index < -0.39 is 0 Å². The van der Waals surface area contributed by atoms with Crippen LogP contribution in [-0.2, 0) is 13.1 Å². The van der Waals surface area contributed by atoms with Crippen molar-refractivity contribution in [2.24, 2.45) is 0 Å². The van der Waals surface area contributed by atoms with Crippen LogP contribution in [-0.4, -0.2) is 25.7 Å². The van der Waals surface area contributed by atoms with Crippen molar-refractivity contribution >= 4 is 16.8 Å². The Balaban J connectivity index is 1.45. The van der Waals surface area contributed by atoms with Crippen LogP contribution in [0.5, 0.6) is 0 Å². The fourth-order valence-corrected chi connectivity index (χ4v) is 3.12. The zero-order valence-corrected chi connectivity index (χ0v) is 15.1. The summed E-state index contributed by atoms with van der Waals surface area (Å²) < 4.78 is 1.89. The fourth-order valence-electron chi connectivity index (χ4n) is 3.12. The number of aromatic amines is 1. The molecule has 0 atom stereocenters. The van der Waals surface area contributed by atoms with E-state index in [9.17, 15) is 4.79 Å². The van der Waals surface area contributed by atoms with Gasteiger partial charge in [0.2, 0.25) is 0 Å². The molecular weight excluding hydrogens is 338 g/mol. The van der Waals surface area contributed by atoms with E-state index in [2.05, 4.69) is 27.3 Å². The second kappa shape index (κ2) is 7.45. The fraction of sp³-hybridized carbons (Fsp3) is 0.190. The number of benzene rings is 1. The molecule has 2 N–H and O–H groups in total. The number of nitrogens with one attached hydrogen (secondary N) is 2. The largest absolute Gasteiger partial charge is 0.361 e. The number of pyridine rings is 1. The number of aromatic nitrogens is 4. The number of hydrogen-bond donors (Lipinski definition) is 2. The Morgan fingerprint density at radius 2 is 2.00 bits per heavy atom. The number of amides is 1. The van der Waals surface area contributed by atoms with Crippen molar-refractivity contribution in [1.29, 1.82) is 0 Å². The summed E-state index contributed by atoms with van der Waals surface area (Å²) in [5.41, 5.74) is 4.41. The molecule has 0 aliphatic rings. The number of fused-ring (bicyclic) bond motifs is 1. The molecule has 136 valence electrons. The van der Waals surface area contributed by atoms with Gasteiger partial charge in [-0.1, -0.05) is 19.1 Å². The SMILES string of the molecule is CCCn1ccc(CNC(=O)c2ccc(-c3nccc4[nH]ccc34)cc2)n1. The molecule has 0 spiro atoms. The van der Waals surface area contributed by atoms with Gasteiger partial charge in [-0.3, -0.25) is 14.5 Å². The first-order valence-electron chi connectivity index (χ1n) is 9.07. The summed E-state index contributed by atoms with van der Waals surface area (Å²) in [6.07, 6.45) is 6.66. The Bertz CT molecular complexity index is 1060. The Hall–Kier alpha value is -3.41. The maximum absolute atomic E-state index is 12.4. The summed E-state index contributed by atoms with van der Waals surface area (Å²) in [6.45, 7) is 3.41. The van der Waals surface area contributed by atoms with Crippen LogP contribution in [0.3, 0.4) is 0 Å². The van der Waals surface area contributed by atoms with Gasteiger partial charge in [0, 0.05) is 47.2 Å². The van der Waals surface area contributed by atoms with Crippen molar-refractivity contribution < 1.29 is 4.79 Å². The van der Waals surface area contributed by atoms with E-state index in [1.165, 1.54) is 0 Å². The Labute approximate surface area is 157 Å². The van der Waals surface area contributed by atoms with Gasteiger partial charge in [-0.15, -0.1) is 0 Å². The zero-order chi connectivity index (χ0) is 18.6. The molecule has 0 aliphatic heterocycles. The molecule has 27 heavy (non-hydrogen) atoms. The molecule has 0 radical (unpaired) electrons. The minimum absolute atomic E-state index is 0.112. The minimum Gasteiger partial charge on any atom is -0.361 e. The van der Waals surface area contributed by atoms with E-state index >= 15 is 0 Å². The molecule has 0 saturated carbocycles. The first kappa shape index (κ1) is 17.0. The average molecular weight is 359 g/mol. The van der Waals surface area contributed by atoms with Crippen LogP contribution in [0.25, 0.3) is 22.2 Å². The lowest BCUT2D eigenvalue weighted by atomic mass is 10.1. The maximum atomic E-state index is 12.4. The van der Waals surface area contributed by atoms with Crippen LogP contribution in [0.1, 0.15) is 29.4 Å². The summed E-state index contributed by atoms with van der Waals surface area (Å²) in [4.78, 5) is 20.1. The van der Waals surface area contributed by atoms with Crippen LogP contribution in [0.15, 0.2) is 61.1 Å². The first-order valence-corrected chi connectivity index (χ1v) is 9.07. The molecule has 6 nitrogen and oxygen atoms in total. The summed E-state index contributed by atoms with van der Waals surface area (Å²) in [6, 6.07) is 13.4. The number of aryl methyl sites for hydroxylation is 1. The van der Waals surface area contributed by atoms with E-state index in [1.807, 2.05) is 59.5 Å². The molecule has 0 aliphatic carbocycles. The van der Waals surface area contributed by atoms with Gasteiger partial charge in [-0.25, -0.2) is 0 Å². The van der Waals surface area contributed by atoms with Crippen molar-refractivity contribution in [3.63, 3.8) is 0 Å². The van der Waals surface area contributed by atoms with Crippen molar-refractivity contribution in [3.8, 4) is 11.3 Å². The number of nitrogens with zero attached hydrogens (tertiary/aromatic N) is 3. The summed E-state index contributed by atoms with van der Waals surface area (Å²) in [5, 5.41) is 8.42.